The van der Waals surface area contributed by atoms with Gasteiger partial charge in [0.1, 0.15) is 5.78 Å². The van der Waals surface area contributed by atoms with Crippen molar-refractivity contribution >= 4 is 11.8 Å². The van der Waals surface area contributed by atoms with E-state index in [-0.39, 0.29) is 18.6 Å². The smallest absolute Gasteiger partial charge is 0.303 e. The van der Waals surface area contributed by atoms with Gasteiger partial charge < -0.3 is 5.11 Å². The van der Waals surface area contributed by atoms with Crippen LogP contribution in [0, 0.1) is 6.92 Å². The minimum Gasteiger partial charge on any atom is -0.481 e. The highest BCUT2D eigenvalue weighted by Gasteiger charge is 2.06. The summed E-state index contributed by atoms with van der Waals surface area (Å²) in [6, 6.07) is 7.69. The number of hydrogen-bond donors (Lipinski definition) is 1. The molecule has 0 radical (unpaired) electrons. The fraction of sp³-hybridized carbons (Fsp3) is 0.333. The molecule has 0 heterocycles. The highest BCUT2D eigenvalue weighted by atomic mass is 16.4. The minimum atomic E-state index is -0.924. The van der Waals surface area contributed by atoms with Gasteiger partial charge in [-0.05, 0) is 12.5 Å². The molecule has 0 saturated heterocycles. The summed E-state index contributed by atoms with van der Waals surface area (Å²) in [4.78, 5) is 21.6. The maximum atomic E-state index is 11.4. The molecular weight excluding hydrogens is 192 g/mol. The number of rotatable bonds is 5. The average molecular weight is 206 g/mol. The zero-order valence-electron chi connectivity index (χ0n) is 8.69. The van der Waals surface area contributed by atoms with E-state index in [0.29, 0.717) is 6.42 Å². The number of hydrogen-bond acceptors (Lipinski definition) is 2. The maximum Gasteiger partial charge on any atom is 0.303 e. The summed E-state index contributed by atoms with van der Waals surface area (Å²) in [5.74, 6) is -0.949. The van der Waals surface area contributed by atoms with Crippen molar-refractivity contribution in [3.8, 4) is 0 Å². The van der Waals surface area contributed by atoms with Gasteiger partial charge in [0.05, 0.1) is 6.42 Å². The lowest BCUT2D eigenvalue weighted by atomic mass is 10.0. The SMILES string of the molecule is Cc1cccc(CC(=O)CCC(=O)O)c1. The fourth-order valence-electron chi connectivity index (χ4n) is 1.38. The summed E-state index contributed by atoms with van der Waals surface area (Å²) < 4.78 is 0. The summed E-state index contributed by atoms with van der Waals surface area (Å²) in [7, 11) is 0. The van der Waals surface area contributed by atoms with E-state index in [1.54, 1.807) is 0 Å². The third kappa shape index (κ3) is 4.40. The van der Waals surface area contributed by atoms with Crippen LogP contribution < -0.4 is 0 Å². The molecule has 1 rings (SSSR count). The molecule has 3 heteroatoms. The Bertz CT molecular complexity index is 369. The number of carboxylic acids is 1. The van der Waals surface area contributed by atoms with E-state index in [4.69, 9.17) is 5.11 Å². The third-order valence-corrected chi connectivity index (χ3v) is 2.10. The van der Waals surface area contributed by atoms with E-state index in [0.717, 1.165) is 11.1 Å². The molecule has 0 bridgehead atoms. The average Bonchev–Trinajstić information content (AvgIpc) is 2.15. The number of aliphatic carboxylic acids is 1. The molecule has 0 unspecified atom stereocenters. The van der Waals surface area contributed by atoms with Gasteiger partial charge in [0.15, 0.2) is 0 Å². The molecule has 0 aliphatic rings. The zero-order chi connectivity index (χ0) is 11.3. The summed E-state index contributed by atoms with van der Waals surface area (Å²) in [6.45, 7) is 1.96. The lowest BCUT2D eigenvalue weighted by Crippen LogP contribution is -2.06. The van der Waals surface area contributed by atoms with Gasteiger partial charge in [-0.2, -0.15) is 0 Å². The predicted octanol–water partition coefficient (Wildman–Crippen LogP) is 1.97. The molecule has 0 aromatic heterocycles. The normalized spacial score (nSPS) is 9.93. The zero-order valence-corrected chi connectivity index (χ0v) is 8.69. The van der Waals surface area contributed by atoms with Crippen LogP contribution in [0.15, 0.2) is 24.3 Å². The van der Waals surface area contributed by atoms with Crippen molar-refractivity contribution in [3.63, 3.8) is 0 Å². The second kappa shape index (κ2) is 5.29. The van der Waals surface area contributed by atoms with Gasteiger partial charge >= 0.3 is 5.97 Å². The molecule has 15 heavy (non-hydrogen) atoms. The molecule has 0 aliphatic carbocycles. The molecule has 0 spiro atoms. The molecule has 3 nitrogen and oxygen atoms in total. The molecule has 0 fully saturated rings. The van der Waals surface area contributed by atoms with Crippen LogP contribution in [0.2, 0.25) is 0 Å². The summed E-state index contributed by atoms with van der Waals surface area (Å²) in [6.07, 6.45) is 0.364. The number of carbonyl (C=O) groups is 2. The Morgan fingerprint density at radius 2 is 2.00 bits per heavy atom. The van der Waals surface area contributed by atoms with Crippen LogP contribution in [0.3, 0.4) is 0 Å². The number of aryl methyl sites for hydroxylation is 1. The number of ketones is 1. The quantitative estimate of drug-likeness (QED) is 0.801. The van der Waals surface area contributed by atoms with E-state index in [9.17, 15) is 9.59 Å². The molecule has 80 valence electrons. The van der Waals surface area contributed by atoms with Crippen LogP contribution in [0.5, 0.6) is 0 Å². The van der Waals surface area contributed by atoms with Gasteiger partial charge in [0.25, 0.3) is 0 Å². The Hall–Kier alpha value is -1.64. The minimum absolute atomic E-state index is 0.0250. The number of carboxylic acid groups (broad SMARTS) is 1. The first kappa shape index (κ1) is 11.4. The van der Waals surface area contributed by atoms with E-state index in [2.05, 4.69) is 0 Å². The second-order valence-corrected chi connectivity index (χ2v) is 3.60. The summed E-state index contributed by atoms with van der Waals surface area (Å²) in [5, 5.41) is 8.42. The van der Waals surface area contributed by atoms with Gasteiger partial charge in [0, 0.05) is 12.8 Å². The van der Waals surface area contributed by atoms with E-state index in [1.165, 1.54) is 0 Å². The molecule has 1 N–H and O–H groups in total. The Balaban J connectivity index is 2.48. The Morgan fingerprint density at radius 1 is 1.27 bits per heavy atom. The third-order valence-electron chi connectivity index (χ3n) is 2.10. The number of Topliss-reactive ketones (excluding diaryl/α,β-unsaturated/α-hetero) is 1. The number of benzene rings is 1. The van der Waals surface area contributed by atoms with Crippen molar-refractivity contribution in [1.29, 1.82) is 0 Å². The van der Waals surface area contributed by atoms with Crippen LogP contribution in [-0.4, -0.2) is 16.9 Å². The van der Waals surface area contributed by atoms with Crippen LogP contribution in [0.4, 0.5) is 0 Å². The summed E-state index contributed by atoms with van der Waals surface area (Å²) in [5.41, 5.74) is 2.06. The van der Waals surface area contributed by atoms with Gasteiger partial charge in [0.2, 0.25) is 0 Å². The first-order valence-electron chi connectivity index (χ1n) is 4.87. The number of carbonyl (C=O) groups excluding carboxylic acids is 1. The van der Waals surface area contributed by atoms with Gasteiger partial charge in [-0.3, -0.25) is 9.59 Å². The van der Waals surface area contributed by atoms with Crippen molar-refractivity contribution in [1.82, 2.24) is 0 Å². The first-order valence-corrected chi connectivity index (χ1v) is 4.87. The Labute approximate surface area is 88.7 Å². The Kier molecular flexibility index (Phi) is 4.03. The van der Waals surface area contributed by atoms with Gasteiger partial charge in [-0.1, -0.05) is 29.8 Å². The lowest BCUT2D eigenvalue weighted by molar-refractivity contribution is -0.138. The van der Waals surface area contributed by atoms with Crippen molar-refractivity contribution in [3.05, 3.63) is 35.4 Å². The monoisotopic (exact) mass is 206 g/mol. The topological polar surface area (TPSA) is 54.4 Å². The van der Waals surface area contributed by atoms with Crippen LogP contribution in [-0.2, 0) is 16.0 Å². The van der Waals surface area contributed by atoms with Gasteiger partial charge in [-0.15, -0.1) is 0 Å². The van der Waals surface area contributed by atoms with Crippen molar-refractivity contribution in [2.45, 2.75) is 26.2 Å². The fourth-order valence-corrected chi connectivity index (χ4v) is 1.38. The Morgan fingerprint density at radius 3 is 2.60 bits per heavy atom. The highest BCUT2D eigenvalue weighted by molar-refractivity contribution is 5.84. The van der Waals surface area contributed by atoms with Crippen LogP contribution in [0.25, 0.3) is 0 Å². The largest absolute Gasteiger partial charge is 0.481 e. The predicted molar refractivity (Wildman–Crippen MR) is 56.8 cm³/mol. The van der Waals surface area contributed by atoms with Crippen molar-refractivity contribution in [2.24, 2.45) is 0 Å². The first-order chi connectivity index (χ1) is 7.08. The molecule has 0 amide bonds. The van der Waals surface area contributed by atoms with Gasteiger partial charge in [-0.25, -0.2) is 0 Å². The molecule has 0 atom stereocenters. The molecule has 0 saturated carbocycles. The van der Waals surface area contributed by atoms with Crippen molar-refractivity contribution in [2.75, 3.05) is 0 Å². The maximum absolute atomic E-state index is 11.4. The van der Waals surface area contributed by atoms with Crippen LogP contribution >= 0.6 is 0 Å². The van der Waals surface area contributed by atoms with E-state index < -0.39 is 5.97 Å². The highest BCUT2D eigenvalue weighted by Crippen LogP contribution is 2.06. The molecule has 1 aromatic rings. The lowest BCUT2D eigenvalue weighted by Gasteiger charge is -2.01. The molecule has 0 aliphatic heterocycles. The van der Waals surface area contributed by atoms with Crippen molar-refractivity contribution < 1.29 is 14.7 Å². The molecule has 1 aromatic carbocycles. The van der Waals surface area contributed by atoms with E-state index >= 15 is 0 Å². The molecular formula is C12H14O3. The summed E-state index contributed by atoms with van der Waals surface area (Å²) >= 11 is 0. The van der Waals surface area contributed by atoms with E-state index in [1.807, 2.05) is 31.2 Å². The second-order valence-electron chi connectivity index (χ2n) is 3.60. The standard InChI is InChI=1S/C12H14O3/c1-9-3-2-4-10(7-9)8-11(13)5-6-12(14)15/h2-4,7H,5-6,8H2,1H3,(H,14,15). The van der Waals surface area contributed by atoms with Crippen LogP contribution in [0.1, 0.15) is 24.0 Å².